The largest absolute Gasteiger partial charge is 0.383 e. The number of rotatable bonds is 10. The quantitative estimate of drug-likeness (QED) is 0.183. The highest BCUT2D eigenvalue weighted by atomic mass is 35.5. The number of amides is 2. The predicted molar refractivity (Wildman–Crippen MR) is 186 cm³/mol. The molecule has 0 unspecified atom stereocenters. The van der Waals surface area contributed by atoms with Gasteiger partial charge in [0.1, 0.15) is 0 Å². The number of ether oxygens (including phenoxy) is 1. The Morgan fingerprint density at radius 1 is 0.804 bits per heavy atom. The summed E-state index contributed by atoms with van der Waals surface area (Å²) in [5.41, 5.74) is 3.51. The lowest BCUT2D eigenvalue weighted by molar-refractivity contribution is -0.114. The van der Waals surface area contributed by atoms with Crippen LogP contribution < -0.4 is 20.9 Å². The van der Waals surface area contributed by atoms with Crippen molar-refractivity contribution in [1.29, 1.82) is 5.41 Å². The van der Waals surface area contributed by atoms with Gasteiger partial charge in [-0.05, 0) is 48.5 Å². The third-order valence-electron chi connectivity index (χ3n) is 8.14. The zero-order valence-corrected chi connectivity index (χ0v) is 27.4. The molecule has 0 bridgehead atoms. The van der Waals surface area contributed by atoms with Crippen molar-refractivity contribution in [3.8, 4) is 0 Å². The molecule has 2 fully saturated rings. The summed E-state index contributed by atoms with van der Waals surface area (Å²) < 4.78 is 5.15. The molecule has 2 aliphatic rings. The maximum atomic E-state index is 13.2. The van der Waals surface area contributed by atoms with E-state index >= 15 is 0 Å². The van der Waals surface area contributed by atoms with Crippen LogP contribution in [0.3, 0.4) is 0 Å². The number of nitrogens with one attached hydrogen (secondary N) is 4. The van der Waals surface area contributed by atoms with Crippen LogP contribution in [-0.2, 0) is 9.53 Å². The highest BCUT2D eigenvalue weighted by molar-refractivity contribution is 6.40. The van der Waals surface area contributed by atoms with E-state index in [4.69, 9.17) is 33.3 Å². The lowest BCUT2D eigenvalue weighted by atomic mass is 10.1. The number of benzene rings is 3. The molecule has 2 aliphatic heterocycles. The van der Waals surface area contributed by atoms with Crippen LogP contribution in [0.15, 0.2) is 66.7 Å². The fourth-order valence-electron chi connectivity index (χ4n) is 5.48. The SMILES string of the molecule is COCCN1CCN(C(=O)c2cc(Cl)c(NC(=N)N3CCN(c4ccc(NC(=O)CNc5ccccc5)cc4)CC3)c(Cl)c2)CC1. The minimum Gasteiger partial charge on any atom is -0.383 e. The zero-order chi connectivity index (χ0) is 32.5. The molecule has 5 rings (SSSR count). The Labute approximate surface area is 279 Å². The van der Waals surface area contributed by atoms with Gasteiger partial charge >= 0.3 is 0 Å². The Morgan fingerprint density at radius 2 is 1.43 bits per heavy atom. The van der Waals surface area contributed by atoms with Crippen molar-refractivity contribution < 1.29 is 14.3 Å². The van der Waals surface area contributed by atoms with Gasteiger partial charge in [-0.1, -0.05) is 41.4 Å². The molecule has 13 heteroatoms. The predicted octanol–water partition coefficient (Wildman–Crippen LogP) is 4.62. The molecule has 46 heavy (non-hydrogen) atoms. The van der Waals surface area contributed by atoms with Gasteiger partial charge in [-0.25, -0.2) is 0 Å². The smallest absolute Gasteiger partial charge is 0.254 e. The van der Waals surface area contributed by atoms with Gasteiger partial charge in [-0.15, -0.1) is 0 Å². The number of anilines is 4. The summed E-state index contributed by atoms with van der Waals surface area (Å²) in [5.74, 6) is -0.0366. The van der Waals surface area contributed by atoms with E-state index in [9.17, 15) is 9.59 Å². The van der Waals surface area contributed by atoms with Crippen molar-refractivity contribution in [1.82, 2.24) is 14.7 Å². The molecule has 0 atom stereocenters. The van der Waals surface area contributed by atoms with Crippen LogP contribution in [0.1, 0.15) is 10.4 Å². The minimum absolute atomic E-state index is 0.108. The number of para-hydroxylation sites is 1. The summed E-state index contributed by atoms with van der Waals surface area (Å²) in [7, 11) is 1.69. The molecule has 4 N–H and O–H groups in total. The lowest BCUT2D eigenvalue weighted by Gasteiger charge is -2.37. The summed E-state index contributed by atoms with van der Waals surface area (Å²) >= 11 is 13.2. The number of methoxy groups -OCH3 is 1. The topological polar surface area (TPSA) is 116 Å². The monoisotopic (exact) mass is 666 g/mol. The second-order valence-corrected chi connectivity index (χ2v) is 12.0. The maximum Gasteiger partial charge on any atom is 0.254 e. The van der Waals surface area contributed by atoms with Gasteiger partial charge in [0.25, 0.3) is 5.91 Å². The molecule has 0 aliphatic carbocycles. The fraction of sp³-hybridized carbons (Fsp3) is 0.364. The van der Waals surface area contributed by atoms with E-state index in [-0.39, 0.29) is 24.3 Å². The molecule has 0 spiro atoms. The molecular formula is C33H40Cl2N8O3. The fourth-order valence-corrected chi connectivity index (χ4v) is 6.06. The van der Waals surface area contributed by atoms with E-state index in [0.717, 1.165) is 36.7 Å². The molecule has 2 heterocycles. The Bertz CT molecular complexity index is 1470. The molecule has 0 saturated carbocycles. The standard InChI is InChI=1S/C33H40Cl2N8O3/c1-46-20-19-40-11-13-42(14-12-40)32(45)24-21-28(34)31(29(35)22-24)39-33(36)43-17-15-41(16-18-43)27-9-7-26(8-10-27)38-30(44)23-37-25-5-3-2-4-6-25/h2-10,21-22,37H,11-20,23H2,1H3,(H2,36,39)(H,38,44). The van der Waals surface area contributed by atoms with Gasteiger partial charge in [-0.3, -0.25) is 19.9 Å². The van der Waals surface area contributed by atoms with E-state index in [1.807, 2.05) is 64.4 Å². The number of hydrogen-bond acceptors (Lipinski definition) is 7. The van der Waals surface area contributed by atoms with Gasteiger partial charge in [0.05, 0.1) is 28.9 Å². The molecule has 3 aromatic carbocycles. The first-order chi connectivity index (χ1) is 22.3. The van der Waals surface area contributed by atoms with Gasteiger partial charge < -0.3 is 35.4 Å². The number of carbonyl (C=O) groups excluding carboxylic acids is 2. The number of nitrogens with zero attached hydrogens (tertiary/aromatic N) is 4. The van der Waals surface area contributed by atoms with Gasteiger partial charge in [-0.2, -0.15) is 0 Å². The van der Waals surface area contributed by atoms with E-state index < -0.39 is 0 Å². The first-order valence-corrected chi connectivity index (χ1v) is 16.1. The second kappa shape index (κ2) is 16.0. The molecule has 0 radical (unpaired) electrons. The van der Waals surface area contributed by atoms with E-state index in [2.05, 4.69) is 25.8 Å². The average molecular weight is 668 g/mol. The number of halogens is 2. The highest BCUT2D eigenvalue weighted by Crippen LogP contribution is 2.33. The van der Waals surface area contributed by atoms with Crippen LogP contribution in [0, 0.1) is 5.41 Å². The minimum atomic E-state index is -0.120. The van der Waals surface area contributed by atoms with Crippen LogP contribution in [0.5, 0.6) is 0 Å². The third-order valence-corrected chi connectivity index (χ3v) is 8.74. The summed E-state index contributed by atoms with van der Waals surface area (Å²) in [4.78, 5) is 33.8. The van der Waals surface area contributed by atoms with Crippen LogP contribution >= 0.6 is 23.2 Å². The number of guanidine groups is 1. The van der Waals surface area contributed by atoms with Crippen molar-refractivity contribution in [3.63, 3.8) is 0 Å². The lowest BCUT2D eigenvalue weighted by Crippen LogP contribution is -2.50. The molecule has 2 amide bonds. The third kappa shape index (κ3) is 8.82. The van der Waals surface area contributed by atoms with Crippen LogP contribution in [0.25, 0.3) is 0 Å². The number of piperazine rings is 2. The van der Waals surface area contributed by atoms with Gasteiger partial charge in [0.2, 0.25) is 5.91 Å². The van der Waals surface area contributed by atoms with Crippen LogP contribution in [-0.4, -0.2) is 112 Å². The summed E-state index contributed by atoms with van der Waals surface area (Å²) in [6, 6.07) is 20.6. The number of carbonyl (C=O) groups is 2. The number of hydrogen-bond donors (Lipinski definition) is 4. The molecule has 244 valence electrons. The van der Waals surface area contributed by atoms with Crippen molar-refractivity contribution >= 4 is 63.7 Å². The molecule has 11 nitrogen and oxygen atoms in total. The second-order valence-electron chi connectivity index (χ2n) is 11.2. The van der Waals surface area contributed by atoms with Crippen molar-refractivity contribution in [3.05, 3.63) is 82.3 Å². The van der Waals surface area contributed by atoms with Crippen LogP contribution in [0.2, 0.25) is 10.0 Å². The molecule has 3 aromatic rings. The first-order valence-electron chi connectivity index (χ1n) is 15.3. The molecule has 2 saturated heterocycles. The average Bonchev–Trinajstić information content (AvgIpc) is 3.08. The van der Waals surface area contributed by atoms with E-state index in [1.54, 1.807) is 19.2 Å². The molecule has 0 aromatic heterocycles. The summed E-state index contributed by atoms with van der Waals surface area (Å²) in [6.07, 6.45) is 0. The maximum absolute atomic E-state index is 13.2. The normalized spacial score (nSPS) is 15.4. The Balaban J connectivity index is 1.08. The van der Waals surface area contributed by atoms with E-state index in [1.165, 1.54) is 0 Å². The Hall–Kier alpha value is -4.03. The van der Waals surface area contributed by atoms with Gasteiger partial charge in [0, 0.05) is 88.6 Å². The highest BCUT2D eigenvalue weighted by Gasteiger charge is 2.25. The first kappa shape index (κ1) is 33.3. The molecular weight excluding hydrogens is 627 g/mol. The Morgan fingerprint density at radius 3 is 2.07 bits per heavy atom. The Kier molecular flexibility index (Phi) is 11.6. The summed E-state index contributed by atoms with van der Waals surface area (Å²) in [6.45, 7) is 7.20. The van der Waals surface area contributed by atoms with Crippen molar-refractivity contribution in [2.45, 2.75) is 0 Å². The van der Waals surface area contributed by atoms with Crippen molar-refractivity contribution in [2.75, 3.05) is 100 Å². The zero-order valence-electron chi connectivity index (χ0n) is 25.9. The van der Waals surface area contributed by atoms with Crippen LogP contribution in [0.4, 0.5) is 22.7 Å². The van der Waals surface area contributed by atoms with E-state index in [0.29, 0.717) is 67.2 Å². The van der Waals surface area contributed by atoms with Crippen molar-refractivity contribution in [2.24, 2.45) is 0 Å². The van der Waals surface area contributed by atoms with Gasteiger partial charge in [0.15, 0.2) is 5.96 Å². The summed E-state index contributed by atoms with van der Waals surface area (Å²) in [5, 5.41) is 18.3.